The lowest BCUT2D eigenvalue weighted by Crippen LogP contribution is -2.51. The van der Waals surface area contributed by atoms with E-state index in [1.807, 2.05) is 0 Å². The maximum absolute atomic E-state index is 10.7. The van der Waals surface area contributed by atoms with E-state index in [1.54, 1.807) is 0 Å². The topological polar surface area (TPSA) is 55.5 Å². The van der Waals surface area contributed by atoms with Crippen LogP contribution in [0.25, 0.3) is 0 Å². The van der Waals surface area contributed by atoms with Gasteiger partial charge in [0.2, 0.25) is 0 Å². The lowest BCUT2D eigenvalue weighted by atomic mass is 9.67. The second-order valence-corrected chi connectivity index (χ2v) is 6.18. The smallest absolute Gasteiger partial charge is 0.0693 e. The minimum Gasteiger partial charge on any atom is -0.390 e. The van der Waals surface area contributed by atoms with Crippen molar-refractivity contribution in [1.82, 2.24) is 0 Å². The Morgan fingerprint density at radius 3 is 2.50 bits per heavy atom. The quantitative estimate of drug-likeness (QED) is 0.712. The second-order valence-electron chi connectivity index (χ2n) is 6.18. The van der Waals surface area contributed by atoms with Crippen molar-refractivity contribution >= 4 is 0 Å². The number of hydrogen-bond acceptors (Lipinski definition) is 3. The van der Waals surface area contributed by atoms with Gasteiger partial charge in [0.05, 0.1) is 11.2 Å². The summed E-state index contributed by atoms with van der Waals surface area (Å²) in [7, 11) is 0. The lowest BCUT2D eigenvalue weighted by Gasteiger charge is -2.50. The molecule has 1 saturated heterocycles. The van der Waals surface area contributed by atoms with Crippen LogP contribution in [-0.2, 0) is 4.74 Å². The largest absolute Gasteiger partial charge is 0.390 e. The number of ether oxygens (including phenoxy) is 1. The van der Waals surface area contributed by atoms with Crippen molar-refractivity contribution in [2.75, 3.05) is 6.61 Å². The van der Waals surface area contributed by atoms with Gasteiger partial charge in [0.1, 0.15) is 0 Å². The second kappa shape index (κ2) is 3.69. The first-order chi connectivity index (χ1) is 7.62. The Balaban J connectivity index is 1.70. The molecule has 3 rings (SSSR count). The predicted molar refractivity (Wildman–Crippen MR) is 62.0 cm³/mol. The van der Waals surface area contributed by atoms with Gasteiger partial charge in [-0.15, -0.1) is 0 Å². The van der Waals surface area contributed by atoms with Gasteiger partial charge < -0.3 is 15.6 Å². The van der Waals surface area contributed by atoms with Crippen LogP contribution < -0.4 is 5.73 Å². The van der Waals surface area contributed by atoms with Gasteiger partial charge in [0.15, 0.2) is 0 Å². The SMILES string of the molecule is NC1CCC(O)(C2CCOC3(CCC3)C2)C1. The monoisotopic (exact) mass is 225 g/mol. The van der Waals surface area contributed by atoms with Crippen LogP contribution in [-0.4, -0.2) is 29.0 Å². The summed E-state index contributed by atoms with van der Waals surface area (Å²) in [6.07, 6.45) is 8.46. The standard InChI is InChI=1S/C13H23NO2/c14-11-2-6-13(15,9-11)10-3-7-16-12(8-10)4-1-5-12/h10-11,15H,1-9,14H2. The summed E-state index contributed by atoms with van der Waals surface area (Å²) in [5.41, 5.74) is 5.60. The van der Waals surface area contributed by atoms with Crippen LogP contribution in [0.1, 0.15) is 51.4 Å². The highest BCUT2D eigenvalue weighted by molar-refractivity contribution is 5.02. The third kappa shape index (κ3) is 1.69. The molecule has 16 heavy (non-hydrogen) atoms. The Hall–Kier alpha value is -0.120. The van der Waals surface area contributed by atoms with Gasteiger partial charge >= 0.3 is 0 Å². The number of nitrogens with two attached hydrogens (primary N) is 1. The van der Waals surface area contributed by atoms with E-state index in [1.165, 1.54) is 19.3 Å². The highest BCUT2D eigenvalue weighted by atomic mass is 16.5. The molecule has 0 aromatic rings. The van der Waals surface area contributed by atoms with Crippen LogP contribution >= 0.6 is 0 Å². The van der Waals surface area contributed by atoms with Gasteiger partial charge in [-0.25, -0.2) is 0 Å². The summed E-state index contributed by atoms with van der Waals surface area (Å²) in [6.45, 7) is 0.836. The summed E-state index contributed by atoms with van der Waals surface area (Å²) < 4.78 is 5.92. The molecule has 1 heterocycles. The third-order valence-electron chi connectivity index (χ3n) is 5.08. The van der Waals surface area contributed by atoms with Gasteiger partial charge in [-0.05, 0) is 57.3 Å². The van der Waals surface area contributed by atoms with E-state index in [0.29, 0.717) is 5.92 Å². The van der Waals surface area contributed by atoms with E-state index >= 15 is 0 Å². The zero-order valence-electron chi connectivity index (χ0n) is 9.95. The van der Waals surface area contributed by atoms with E-state index in [9.17, 15) is 5.11 Å². The van der Waals surface area contributed by atoms with Crippen LogP contribution in [0.15, 0.2) is 0 Å². The van der Waals surface area contributed by atoms with Crippen molar-refractivity contribution in [3.63, 3.8) is 0 Å². The summed E-state index contributed by atoms with van der Waals surface area (Å²) >= 11 is 0. The molecular weight excluding hydrogens is 202 g/mol. The number of aliphatic hydroxyl groups is 1. The molecule has 0 aromatic heterocycles. The van der Waals surface area contributed by atoms with E-state index < -0.39 is 5.60 Å². The Bertz CT molecular complexity index is 277. The van der Waals surface area contributed by atoms with Crippen molar-refractivity contribution in [3.05, 3.63) is 0 Å². The molecule has 0 amide bonds. The van der Waals surface area contributed by atoms with Gasteiger partial charge in [-0.2, -0.15) is 0 Å². The fraction of sp³-hybridized carbons (Fsp3) is 1.00. The molecule has 1 aliphatic heterocycles. The van der Waals surface area contributed by atoms with E-state index in [2.05, 4.69) is 0 Å². The summed E-state index contributed by atoms with van der Waals surface area (Å²) in [5, 5.41) is 10.7. The molecule has 3 atom stereocenters. The molecule has 2 saturated carbocycles. The van der Waals surface area contributed by atoms with Gasteiger partial charge in [-0.3, -0.25) is 0 Å². The molecule has 3 unspecified atom stereocenters. The zero-order valence-corrected chi connectivity index (χ0v) is 9.95. The molecular formula is C13H23NO2. The van der Waals surface area contributed by atoms with Crippen LogP contribution in [0.5, 0.6) is 0 Å². The average molecular weight is 225 g/mol. The van der Waals surface area contributed by atoms with Crippen molar-refractivity contribution in [2.24, 2.45) is 11.7 Å². The first kappa shape index (κ1) is 11.0. The predicted octanol–water partition coefficient (Wildman–Crippen LogP) is 1.58. The molecule has 0 bridgehead atoms. The third-order valence-corrected chi connectivity index (χ3v) is 5.08. The molecule has 3 N–H and O–H groups in total. The molecule has 3 heteroatoms. The number of rotatable bonds is 1. The first-order valence-electron chi connectivity index (χ1n) is 6.74. The highest BCUT2D eigenvalue weighted by Crippen LogP contribution is 2.49. The number of hydrogen-bond donors (Lipinski definition) is 2. The van der Waals surface area contributed by atoms with Crippen molar-refractivity contribution < 1.29 is 9.84 Å². The zero-order chi connectivity index (χ0) is 11.2. The minimum atomic E-state index is -0.480. The fourth-order valence-electron chi connectivity index (χ4n) is 3.87. The Morgan fingerprint density at radius 1 is 1.12 bits per heavy atom. The Kier molecular flexibility index (Phi) is 2.54. The molecule has 0 aromatic carbocycles. The Morgan fingerprint density at radius 2 is 1.94 bits per heavy atom. The minimum absolute atomic E-state index is 0.144. The molecule has 2 aliphatic carbocycles. The average Bonchev–Trinajstić information content (AvgIpc) is 2.58. The Labute approximate surface area is 97.3 Å². The molecule has 92 valence electrons. The lowest BCUT2D eigenvalue weighted by molar-refractivity contribution is -0.174. The van der Waals surface area contributed by atoms with Crippen LogP contribution in [0.3, 0.4) is 0 Å². The maximum Gasteiger partial charge on any atom is 0.0693 e. The molecule has 1 spiro atoms. The fourth-order valence-corrected chi connectivity index (χ4v) is 3.87. The van der Waals surface area contributed by atoms with E-state index in [4.69, 9.17) is 10.5 Å². The van der Waals surface area contributed by atoms with Crippen LogP contribution in [0.4, 0.5) is 0 Å². The van der Waals surface area contributed by atoms with Crippen molar-refractivity contribution in [2.45, 2.75) is 68.6 Å². The summed E-state index contributed by atoms with van der Waals surface area (Å²) in [4.78, 5) is 0. The normalized spacial score (nSPS) is 46.9. The first-order valence-corrected chi connectivity index (χ1v) is 6.74. The van der Waals surface area contributed by atoms with E-state index in [0.717, 1.165) is 38.7 Å². The van der Waals surface area contributed by atoms with Gasteiger partial charge in [0.25, 0.3) is 0 Å². The van der Waals surface area contributed by atoms with Crippen LogP contribution in [0, 0.1) is 5.92 Å². The molecule has 3 aliphatic rings. The van der Waals surface area contributed by atoms with Gasteiger partial charge in [0, 0.05) is 12.6 Å². The molecule has 0 radical (unpaired) electrons. The summed E-state index contributed by atoms with van der Waals surface area (Å²) in [6, 6.07) is 0.213. The molecule has 3 nitrogen and oxygen atoms in total. The van der Waals surface area contributed by atoms with Gasteiger partial charge in [-0.1, -0.05) is 0 Å². The maximum atomic E-state index is 10.7. The molecule has 3 fully saturated rings. The highest BCUT2D eigenvalue weighted by Gasteiger charge is 2.50. The van der Waals surface area contributed by atoms with Crippen molar-refractivity contribution in [3.8, 4) is 0 Å². The van der Waals surface area contributed by atoms with Crippen LogP contribution in [0.2, 0.25) is 0 Å². The van der Waals surface area contributed by atoms with E-state index in [-0.39, 0.29) is 11.6 Å². The van der Waals surface area contributed by atoms with Crippen molar-refractivity contribution in [1.29, 1.82) is 0 Å². The summed E-state index contributed by atoms with van der Waals surface area (Å²) in [5.74, 6) is 0.426.